The fourth-order valence-corrected chi connectivity index (χ4v) is 4.18. The van der Waals surface area contributed by atoms with Gasteiger partial charge in [0.15, 0.2) is 0 Å². The first-order chi connectivity index (χ1) is 15.4. The zero-order chi connectivity index (χ0) is 24.8. The molecule has 1 saturated carbocycles. The number of likely N-dealkylation sites (tertiary alicyclic amines) is 1. The van der Waals surface area contributed by atoms with Gasteiger partial charge in [0, 0.05) is 0 Å². The first-order valence-electron chi connectivity index (χ1n) is 11.2. The second-order valence-electron chi connectivity index (χ2n) is 8.90. The molecule has 1 aliphatic heterocycles. The molecule has 1 aromatic carbocycles. The number of nitrogens with zero attached hydrogens (tertiary/aromatic N) is 1. The van der Waals surface area contributed by atoms with Gasteiger partial charge in [0.2, 0.25) is 5.91 Å². The van der Waals surface area contributed by atoms with Crippen molar-refractivity contribution in [3.8, 4) is 0 Å². The molecule has 2 aliphatic rings. The van der Waals surface area contributed by atoms with E-state index in [2.05, 4.69) is 12.2 Å². The third-order valence-corrected chi connectivity index (χ3v) is 6.39. The summed E-state index contributed by atoms with van der Waals surface area (Å²) in [6.45, 7) is 4.00. The van der Waals surface area contributed by atoms with Crippen molar-refractivity contribution >= 4 is 17.7 Å². The van der Waals surface area contributed by atoms with Gasteiger partial charge in [-0.3, -0.25) is 9.69 Å². The highest BCUT2D eigenvalue weighted by molar-refractivity contribution is 5.95. The number of benzene rings is 1. The van der Waals surface area contributed by atoms with Crippen LogP contribution in [0.4, 0.5) is 28.0 Å². The predicted octanol–water partition coefficient (Wildman–Crippen LogP) is 5.63. The van der Waals surface area contributed by atoms with Gasteiger partial charge in [0.1, 0.15) is 11.9 Å². The number of carbonyl (C=O) groups is 2. The van der Waals surface area contributed by atoms with Gasteiger partial charge in [0.25, 0.3) is 0 Å². The molecule has 2 atom stereocenters. The molecule has 1 saturated heterocycles. The number of amides is 1. The van der Waals surface area contributed by atoms with Crippen LogP contribution < -0.4 is 5.32 Å². The third-order valence-electron chi connectivity index (χ3n) is 6.39. The highest BCUT2D eigenvalue weighted by Gasteiger charge is 2.47. The van der Waals surface area contributed by atoms with Crippen molar-refractivity contribution < 1.29 is 37.4 Å². The topological polar surface area (TPSA) is 89.9 Å². The molecular formula is C23H32F4N2O4. The summed E-state index contributed by atoms with van der Waals surface area (Å²) in [6.07, 6.45) is -0.730. The fraction of sp³-hybridized carbons (Fsp3) is 0.652. The van der Waals surface area contributed by atoms with E-state index in [9.17, 15) is 22.4 Å². The third kappa shape index (κ3) is 8.49. The Bertz CT molecular complexity index is 802. The Morgan fingerprint density at radius 3 is 2.18 bits per heavy atom. The Kier molecular flexibility index (Phi) is 9.51. The minimum absolute atomic E-state index is 0.0315. The molecule has 10 heteroatoms. The molecule has 6 nitrogen and oxygen atoms in total. The minimum Gasteiger partial charge on any atom is -0.450 e. The van der Waals surface area contributed by atoms with Crippen LogP contribution in [0.15, 0.2) is 18.2 Å². The molecule has 1 amide bonds. The lowest BCUT2D eigenvalue weighted by molar-refractivity contribution is -0.189. The second kappa shape index (κ2) is 11.7. The Hall–Kier alpha value is -2.36. The summed E-state index contributed by atoms with van der Waals surface area (Å²) in [5.41, 5.74) is 0.865. The summed E-state index contributed by atoms with van der Waals surface area (Å²) in [7, 11) is 0. The number of hydrogen-bond acceptors (Lipinski definition) is 3. The zero-order valence-corrected chi connectivity index (χ0v) is 18.9. The summed E-state index contributed by atoms with van der Waals surface area (Å²) in [5.74, 6) is -2.18. The Morgan fingerprint density at radius 1 is 1.12 bits per heavy atom. The molecule has 3 rings (SSSR count). The molecule has 1 aromatic rings. The monoisotopic (exact) mass is 476 g/mol. The van der Waals surface area contributed by atoms with Gasteiger partial charge < -0.3 is 15.5 Å². The second-order valence-corrected chi connectivity index (χ2v) is 8.90. The fourth-order valence-electron chi connectivity index (χ4n) is 4.18. The van der Waals surface area contributed by atoms with Crippen molar-refractivity contribution in [3.63, 3.8) is 0 Å². The Balaban J connectivity index is 0.000000890. The SMILES string of the molecule is CCC1CCN(C(C(=O)Nc2cc(CC3CC3)ccc2F)C(C)C(F)(F)F)CC1.O=C(O)O. The first kappa shape index (κ1) is 26.9. The Morgan fingerprint density at radius 2 is 1.70 bits per heavy atom. The maximum absolute atomic E-state index is 14.3. The van der Waals surface area contributed by atoms with E-state index < -0.39 is 36.0 Å². The van der Waals surface area contributed by atoms with Crippen LogP contribution in [0.3, 0.4) is 0 Å². The average molecular weight is 477 g/mol. The quantitative estimate of drug-likeness (QED) is 0.444. The van der Waals surface area contributed by atoms with Gasteiger partial charge >= 0.3 is 12.3 Å². The number of nitrogens with one attached hydrogen (secondary N) is 1. The van der Waals surface area contributed by atoms with Crippen LogP contribution in [0.25, 0.3) is 0 Å². The van der Waals surface area contributed by atoms with E-state index in [4.69, 9.17) is 15.0 Å². The van der Waals surface area contributed by atoms with E-state index in [0.717, 1.165) is 51.0 Å². The molecule has 1 aliphatic carbocycles. The summed E-state index contributed by atoms with van der Waals surface area (Å²) in [4.78, 5) is 23.1. The smallest absolute Gasteiger partial charge is 0.450 e. The molecule has 2 unspecified atom stereocenters. The van der Waals surface area contributed by atoms with E-state index in [1.807, 2.05) is 0 Å². The van der Waals surface area contributed by atoms with E-state index >= 15 is 0 Å². The van der Waals surface area contributed by atoms with Crippen molar-refractivity contribution in [1.29, 1.82) is 0 Å². The lowest BCUT2D eigenvalue weighted by atomic mass is 9.90. The van der Waals surface area contributed by atoms with Crippen LogP contribution >= 0.6 is 0 Å². The molecule has 3 N–H and O–H groups in total. The number of piperidine rings is 1. The normalized spacial score (nSPS) is 19.2. The number of hydrogen-bond donors (Lipinski definition) is 3. The largest absolute Gasteiger partial charge is 0.503 e. The van der Waals surface area contributed by atoms with Gasteiger partial charge in [-0.15, -0.1) is 0 Å². The van der Waals surface area contributed by atoms with Gasteiger partial charge in [-0.2, -0.15) is 13.2 Å². The standard InChI is InChI=1S/C22H30F4N2O.CH2O3/c1-3-15-8-10-28(11-9-15)20(14(2)22(24,25)26)21(29)27-19-13-17(6-7-18(19)23)12-16-4-5-16;2-1(3)4/h6-7,13-16,20H,3-5,8-12H2,1-2H3,(H,27,29);(H2,2,3,4). The number of anilines is 1. The van der Waals surface area contributed by atoms with Crippen LogP contribution in [0.2, 0.25) is 0 Å². The lowest BCUT2D eigenvalue weighted by Gasteiger charge is -2.39. The molecule has 186 valence electrons. The van der Waals surface area contributed by atoms with Crippen molar-refractivity contribution in [3.05, 3.63) is 29.6 Å². The molecule has 1 heterocycles. The number of carbonyl (C=O) groups excluding carboxylic acids is 1. The molecule has 0 aromatic heterocycles. The molecule has 0 bridgehead atoms. The van der Waals surface area contributed by atoms with Crippen LogP contribution in [-0.4, -0.2) is 52.5 Å². The highest BCUT2D eigenvalue weighted by Crippen LogP contribution is 2.35. The first-order valence-corrected chi connectivity index (χ1v) is 11.2. The van der Waals surface area contributed by atoms with Crippen molar-refractivity contribution in [2.24, 2.45) is 17.8 Å². The molecular weight excluding hydrogens is 444 g/mol. The summed E-state index contributed by atoms with van der Waals surface area (Å²) in [6, 6.07) is 3.15. The number of alkyl halides is 3. The number of halogens is 4. The molecule has 2 fully saturated rings. The lowest BCUT2D eigenvalue weighted by Crippen LogP contribution is -2.54. The maximum atomic E-state index is 14.3. The summed E-state index contributed by atoms with van der Waals surface area (Å²) in [5, 5.41) is 16.4. The van der Waals surface area contributed by atoms with Crippen molar-refractivity contribution in [1.82, 2.24) is 4.90 Å². The van der Waals surface area contributed by atoms with Gasteiger partial charge in [-0.05, 0) is 74.7 Å². The van der Waals surface area contributed by atoms with Gasteiger partial charge in [-0.1, -0.05) is 26.3 Å². The predicted molar refractivity (Wildman–Crippen MR) is 116 cm³/mol. The zero-order valence-electron chi connectivity index (χ0n) is 18.9. The number of rotatable bonds is 7. The van der Waals surface area contributed by atoms with E-state index in [0.29, 0.717) is 24.9 Å². The molecule has 33 heavy (non-hydrogen) atoms. The average Bonchev–Trinajstić information content (AvgIpc) is 3.54. The molecule has 0 radical (unpaired) electrons. The number of carboxylic acid groups (broad SMARTS) is 2. The van der Waals surface area contributed by atoms with E-state index in [-0.39, 0.29) is 5.69 Å². The highest BCUT2D eigenvalue weighted by atomic mass is 19.4. The summed E-state index contributed by atoms with van der Waals surface area (Å²) < 4.78 is 54.8. The maximum Gasteiger partial charge on any atom is 0.503 e. The summed E-state index contributed by atoms with van der Waals surface area (Å²) >= 11 is 0. The minimum atomic E-state index is -4.50. The Labute approximate surface area is 191 Å². The van der Waals surface area contributed by atoms with E-state index in [1.54, 1.807) is 17.0 Å². The van der Waals surface area contributed by atoms with Crippen molar-refractivity contribution in [2.45, 2.75) is 64.6 Å². The van der Waals surface area contributed by atoms with Crippen molar-refractivity contribution in [2.75, 3.05) is 18.4 Å². The van der Waals surface area contributed by atoms with Crippen LogP contribution in [0, 0.1) is 23.6 Å². The molecule has 0 spiro atoms. The van der Waals surface area contributed by atoms with Gasteiger partial charge in [0.05, 0.1) is 11.6 Å². The van der Waals surface area contributed by atoms with Crippen LogP contribution in [0.1, 0.15) is 51.5 Å². The van der Waals surface area contributed by atoms with E-state index in [1.165, 1.54) is 6.07 Å². The van der Waals surface area contributed by atoms with Gasteiger partial charge in [-0.25, -0.2) is 9.18 Å². The van der Waals surface area contributed by atoms with Crippen LogP contribution in [-0.2, 0) is 11.2 Å². The van der Waals surface area contributed by atoms with Crippen LogP contribution in [0.5, 0.6) is 0 Å².